The molecule has 0 radical (unpaired) electrons. The number of hydrogen-bond acceptors (Lipinski definition) is 20. The molecule has 5 rings (SSSR count). The summed E-state index contributed by atoms with van der Waals surface area (Å²) in [6.45, 7) is 0. The van der Waals surface area contributed by atoms with Crippen LogP contribution in [0.5, 0.6) is 5.75 Å². The third-order valence-electron chi connectivity index (χ3n) is 6.89. The minimum absolute atomic E-state index is 0. The van der Waals surface area contributed by atoms with Gasteiger partial charge in [0.05, 0.1) is 36.6 Å². The zero-order valence-corrected chi connectivity index (χ0v) is 32.9. The number of Topliss-reactive ketones (excluding diaryl/α,β-unsaturated/α-hetero) is 1. The van der Waals surface area contributed by atoms with Gasteiger partial charge in [-0.2, -0.15) is 15.3 Å². The van der Waals surface area contributed by atoms with Crippen LogP contribution in [-0.2, 0) is 20.2 Å². The Kier molecular flexibility index (Phi) is 13.6. The van der Waals surface area contributed by atoms with Crippen molar-refractivity contribution in [3.05, 3.63) is 134 Å². The summed E-state index contributed by atoms with van der Waals surface area (Å²) in [5.41, 5.74) is 0.444. The molecule has 266 valence electrons. The van der Waals surface area contributed by atoms with E-state index < -0.39 is 107 Å². The van der Waals surface area contributed by atoms with Crippen LogP contribution >= 0.6 is 0 Å². The zero-order valence-electron chi connectivity index (χ0n) is 27.2. The average Bonchev–Trinajstić information content (AvgIpc) is 3.06. The van der Waals surface area contributed by atoms with Gasteiger partial charge in [-0.15, -0.1) is 0 Å². The Bertz CT molecular complexity index is 2750. The molecule has 0 fully saturated rings. The first-order valence-electron chi connectivity index (χ1n) is 13.7. The number of hydrazone groups is 1. The Morgan fingerprint density at radius 1 is 0.685 bits per heavy atom. The van der Waals surface area contributed by atoms with Crippen LogP contribution in [0.2, 0.25) is 0 Å². The van der Waals surface area contributed by atoms with Gasteiger partial charge in [0.1, 0.15) is 42.7 Å². The smallest absolute Gasteiger partial charge is 0.744 e. The second-order valence-electron chi connectivity index (χ2n) is 10.2. The number of aromatic hydroxyl groups is 1. The van der Waals surface area contributed by atoms with Gasteiger partial charge >= 0.3 is 59.1 Å². The molecule has 54 heavy (non-hydrogen) atoms. The number of nitrogens with zero attached hydrogens (tertiary/aromatic N) is 5. The van der Waals surface area contributed by atoms with Crippen molar-refractivity contribution in [2.45, 2.75) is 4.90 Å². The molecule has 1 aliphatic carbocycles. The molecule has 0 saturated heterocycles. The first-order valence-corrected chi connectivity index (χ1v) is 16.5. The van der Waals surface area contributed by atoms with Gasteiger partial charge in [0, 0.05) is 24.3 Å². The summed E-state index contributed by atoms with van der Waals surface area (Å²) in [5.74, 6) is -2.05. The van der Waals surface area contributed by atoms with Gasteiger partial charge in [-0.25, -0.2) is 16.8 Å². The first kappa shape index (κ1) is 43.4. The van der Waals surface area contributed by atoms with Crippen LogP contribution in [0.3, 0.4) is 0 Å². The van der Waals surface area contributed by atoms with E-state index in [1.54, 1.807) is 0 Å². The maximum atomic E-state index is 13.7. The normalized spacial score (nSPS) is 13.9. The van der Waals surface area contributed by atoms with E-state index in [2.05, 4.69) is 31.6 Å². The number of ketones is 1. The molecule has 0 bridgehead atoms. The van der Waals surface area contributed by atoms with Crippen molar-refractivity contribution in [1.29, 1.82) is 0 Å². The van der Waals surface area contributed by atoms with Crippen LogP contribution in [0.15, 0.2) is 101 Å². The molecule has 0 unspecified atom stereocenters. The molecule has 0 aliphatic heterocycles. The van der Waals surface area contributed by atoms with Crippen LogP contribution < -0.4 is 97.0 Å². The topological polar surface area (TPSA) is 345 Å². The molecule has 0 aromatic heterocycles. The van der Waals surface area contributed by atoms with Crippen LogP contribution in [0.4, 0.5) is 28.4 Å². The summed E-state index contributed by atoms with van der Waals surface area (Å²) in [5, 5.41) is 41.9. The van der Waals surface area contributed by atoms with Gasteiger partial charge in [0.2, 0.25) is 16.6 Å². The minimum atomic E-state index is -5.59. The number of benzene rings is 4. The summed E-state index contributed by atoms with van der Waals surface area (Å²) in [6, 6.07) is 10.2. The number of nitrogens with one attached hydrogen (secondary N) is 3. The van der Waals surface area contributed by atoms with Crippen LogP contribution in [-0.4, -0.2) is 52.4 Å². The maximum absolute atomic E-state index is 13.7. The number of non-ortho nitro benzene ring substituents is 2. The summed E-state index contributed by atoms with van der Waals surface area (Å²) < 4.78 is 72.5. The number of phenols is 1. The molecule has 0 saturated carbocycles. The molecule has 0 amide bonds. The van der Waals surface area contributed by atoms with Gasteiger partial charge in [0.15, 0.2) is 5.36 Å². The number of nitro benzene ring substituents is 2. The Labute approximate surface area is 344 Å². The Morgan fingerprint density at radius 2 is 1.30 bits per heavy atom. The Morgan fingerprint density at radius 3 is 1.89 bits per heavy atom. The maximum Gasteiger partial charge on any atom is 1.00 e. The molecule has 22 nitrogen and oxygen atoms in total. The van der Waals surface area contributed by atoms with E-state index in [0.717, 1.165) is 42.5 Å². The van der Waals surface area contributed by atoms with Gasteiger partial charge in [0.25, 0.3) is 11.4 Å². The summed E-state index contributed by atoms with van der Waals surface area (Å²) in [6.07, 6.45) is 0.513. The molecule has 26 heteroatoms. The summed E-state index contributed by atoms with van der Waals surface area (Å²) in [4.78, 5) is 57.4. The van der Waals surface area contributed by atoms with Gasteiger partial charge in [-0.3, -0.25) is 50.9 Å². The average molecular weight is 799 g/mol. The van der Waals surface area contributed by atoms with Gasteiger partial charge in [-0.05, 0) is 54.1 Å². The Hall–Kier alpha value is -5.02. The standard InChI is InChI=1S/C28H18N8O14S2.2Na/c37-21-7-5-16(36(43)44)11-19(21)31-34-26-23(52(48,49)50)10-13-9-17(51(45,46)47)12-20(24(13)28(26)40)32-30-18-6-8-22(38)25(27(18)39)33-29-14-1-3-15(4-2-14)35(41)42;;/h1-12,29,31-32,37H,(H,45,46,47)(H,48,49,50);;/q;2*+1/p-2. The van der Waals surface area contributed by atoms with Crippen molar-refractivity contribution in [3.8, 4) is 5.75 Å². The molecule has 4 N–H and O–H groups in total. The third kappa shape index (κ3) is 9.55. The third-order valence-corrected chi connectivity index (χ3v) is 8.55. The minimum Gasteiger partial charge on any atom is -0.744 e. The van der Waals surface area contributed by atoms with Crippen molar-refractivity contribution in [2.24, 2.45) is 15.3 Å². The predicted octanol–water partition coefficient (Wildman–Crippen LogP) is -5.88. The van der Waals surface area contributed by atoms with E-state index in [4.69, 9.17) is 0 Å². The predicted molar refractivity (Wildman–Crippen MR) is 175 cm³/mol. The van der Waals surface area contributed by atoms with Crippen molar-refractivity contribution in [1.82, 2.24) is 0 Å². The van der Waals surface area contributed by atoms with Crippen molar-refractivity contribution >= 4 is 66.2 Å². The van der Waals surface area contributed by atoms with E-state index in [1.807, 2.05) is 0 Å². The quantitative estimate of drug-likeness (QED) is 0.0381. The fourth-order valence-corrected chi connectivity index (χ4v) is 5.63. The van der Waals surface area contributed by atoms with Crippen molar-refractivity contribution in [3.63, 3.8) is 0 Å². The second kappa shape index (κ2) is 17.0. The van der Waals surface area contributed by atoms with Crippen molar-refractivity contribution in [2.75, 3.05) is 16.3 Å². The molecule has 4 aromatic carbocycles. The van der Waals surface area contributed by atoms with Gasteiger partial charge in [-0.1, -0.05) is 0 Å². The summed E-state index contributed by atoms with van der Waals surface area (Å²) >= 11 is 0. The number of carbonyl (C=O) groups excluding carboxylic acids is 1. The SMILES string of the molecule is O=C1C(=NNc2cc([N+](=O)[O-])ccc2O)C(S(=O)(=O)[O-])=Cc2cc(S(=O)(=O)[O-])cc(NN=c3ccc(=O)c(=NNc4ccc([N+](=O)[O-])cc4)c3=O)c21.[Na+].[Na+]. The first-order chi connectivity index (χ1) is 24.3. The molecular weight excluding hydrogens is 782 g/mol. The van der Waals surface area contributed by atoms with E-state index in [-0.39, 0.29) is 70.5 Å². The molecule has 1 aliphatic rings. The molecule has 0 heterocycles. The van der Waals surface area contributed by atoms with Gasteiger partial charge < -0.3 is 14.2 Å². The largest absolute Gasteiger partial charge is 1.00 e. The molecule has 0 spiro atoms. The van der Waals surface area contributed by atoms with E-state index in [1.165, 1.54) is 12.1 Å². The molecule has 0 atom stereocenters. The van der Waals surface area contributed by atoms with Crippen LogP contribution in [0, 0.1) is 20.2 Å². The number of fused-ring (bicyclic) bond motifs is 1. The Balaban J connectivity index is 0.00000392. The number of anilines is 3. The zero-order chi connectivity index (χ0) is 38.1. The van der Waals surface area contributed by atoms with Crippen molar-refractivity contribution < 1.29 is 105 Å². The number of nitro groups is 2. The number of carbonyl (C=O) groups is 1. The van der Waals surface area contributed by atoms with Crippen LogP contribution in [0.1, 0.15) is 15.9 Å². The van der Waals surface area contributed by atoms with E-state index in [9.17, 15) is 65.7 Å². The number of phenolic OH excluding ortho intramolecular Hbond substituents is 1. The molecular formula is C28H16N8Na2O14S2. The number of hydrogen-bond donors (Lipinski definition) is 4. The van der Waals surface area contributed by atoms with E-state index in [0.29, 0.717) is 18.2 Å². The fraction of sp³-hybridized carbons (Fsp3) is 0. The fourth-order valence-electron chi connectivity index (χ4n) is 4.45. The molecule has 4 aromatic rings. The summed E-state index contributed by atoms with van der Waals surface area (Å²) in [7, 11) is -10.9. The van der Waals surface area contributed by atoms with Crippen LogP contribution in [0.25, 0.3) is 6.08 Å². The number of rotatable bonds is 10. The van der Waals surface area contributed by atoms with E-state index >= 15 is 0 Å². The monoisotopic (exact) mass is 798 g/mol. The number of allylic oxidation sites excluding steroid dienone is 1. The second-order valence-corrected chi connectivity index (χ2v) is 13.0.